The van der Waals surface area contributed by atoms with Crippen LogP contribution in [-0.4, -0.2) is 33.3 Å². The number of carbonyl (C=O) groups excluding carboxylic acids is 1. The van der Waals surface area contributed by atoms with Gasteiger partial charge in [0.1, 0.15) is 6.29 Å². The van der Waals surface area contributed by atoms with Gasteiger partial charge < -0.3 is 9.13 Å². The number of rotatable bonds is 5. The minimum absolute atomic E-state index is 0.422. The highest BCUT2D eigenvalue weighted by atomic mass is 28.4. The fourth-order valence-electron chi connectivity index (χ4n) is 1.52. The molecule has 0 saturated carbocycles. The minimum Gasteiger partial charge on any atom is -0.350 e. The van der Waals surface area contributed by atoms with Gasteiger partial charge in [0, 0.05) is 12.6 Å². The largest absolute Gasteiger partial charge is 0.350 e. The van der Waals surface area contributed by atoms with Crippen molar-refractivity contribution in [1.82, 2.24) is 4.34 Å². The highest BCUT2D eigenvalue weighted by Crippen LogP contribution is 2.19. The number of nitrogens with zero attached hydrogens (tertiary/aromatic N) is 2. The first-order valence-corrected chi connectivity index (χ1v) is 11.9. The van der Waals surface area contributed by atoms with E-state index < -0.39 is 16.5 Å². The Balaban J connectivity index is 4.67. The second-order valence-corrected chi connectivity index (χ2v) is 15.3. The lowest BCUT2D eigenvalue weighted by molar-refractivity contribution is -0.106. The van der Waals surface area contributed by atoms with Crippen molar-refractivity contribution < 1.29 is 4.79 Å². The van der Waals surface area contributed by atoms with E-state index in [0.717, 1.165) is 6.29 Å². The number of carbonyl (C=O) groups is 1. The van der Waals surface area contributed by atoms with Crippen LogP contribution >= 0.6 is 0 Å². The summed E-state index contributed by atoms with van der Waals surface area (Å²) in [6.07, 6.45) is 3.03. The summed E-state index contributed by atoms with van der Waals surface area (Å²) >= 11 is 0. The van der Waals surface area contributed by atoms with Gasteiger partial charge in [-0.1, -0.05) is 39.3 Å². The summed E-state index contributed by atoms with van der Waals surface area (Å²) in [6.45, 7) is 13.7. The standard InChI is InChI=1S/C9H22N2OSi2/c1-13(2,3)11(14(4,5)6)10-8-7-9-12/h8-9H,7H2,1-6H3. The van der Waals surface area contributed by atoms with Crippen molar-refractivity contribution in [2.45, 2.75) is 45.7 Å². The Morgan fingerprint density at radius 3 is 1.79 bits per heavy atom. The summed E-state index contributed by atoms with van der Waals surface area (Å²) < 4.78 is 2.30. The lowest BCUT2D eigenvalue weighted by Crippen LogP contribution is -2.55. The second kappa shape index (κ2) is 4.88. The fraction of sp³-hybridized carbons (Fsp3) is 0.778. The third-order valence-corrected chi connectivity index (χ3v) is 8.47. The van der Waals surface area contributed by atoms with Gasteiger partial charge in [-0.05, 0) is 0 Å². The lowest BCUT2D eigenvalue weighted by Gasteiger charge is -2.41. The molecular formula is C9H22N2OSi2. The molecule has 0 heterocycles. The molecule has 0 rings (SSSR count). The Hall–Kier alpha value is -0.426. The summed E-state index contributed by atoms with van der Waals surface area (Å²) in [7, 11) is -2.78. The van der Waals surface area contributed by atoms with Crippen molar-refractivity contribution in [3.8, 4) is 0 Å². The van der Waals surface area contributed by atoms with Crippen LogP contribution in [0.15, 0.2) is 5.10 Å². The van der Waals surface area contributed by atoms with Gasteiger partial charge in [-0.3, -0.25) is 0 Å². The molecule has 0 aliphatic rings. The molecule has 0 bridgehead atoms. The molecule has 0 N–H and O–H groups in total. The molecule has 0 aliphatic carbocycles. The van der Waals surface area contributed by atoms with Crippen LogP contribution in [0.4, 0.5) is 0 Å². The molecule has 0 radical (unpaired) electrons. The van der Waals surface area contributed by atoms with Gasteiger partial charge in [0.2, 0.25) is 0 Å². The van der Waals surface area contributed by atoms with Crippen molar-refractivity contribution >= 4 is 29.0 Å². The highest BCUT2D eigenvalue weighted by Gasteiger charge is 2.33. The molecule has 0 spiro atoms. The van der Waals surface area contributed by atoms with Crippen molar-refractivity contribution in [2.75, 3.05) is 0 Å². The molecule has 0 aromatic rings. The lowest BCUT2D eigenvalue weighted by atomic mass is 10.5. The van der Waals surface area contributed by atoms with Gasteiger partial charge in [0.05, 0.1) is 0 Å². The van der Waals surface area contributed by atoms with Crippen LogP contribution < -0.4 is 0 Å². The van der Waals surface area contributed by atoms with Crippen LogP contribution in [-0.2, 0) is 4.79 Å². The maximum atomic E-state index is 10.2. The molecule has 0 unspecified atom stereocenters. The monoisotopic (exact) mass is 230 g/mol. The van der Waals surface area contributed by atoms with Crippen LogP contribution in [0.5, 0.6) is 0 Å². The van der Waals surface area contributed by atoms with E-state index in [0.29, 0.717) is 6.42 Å². The fourth-order valence-corrected chi connectivity index (χ4v) is 10.4. The van der Waals surface area contributed by atoms with E-state index in [-0.39, 0.29) is 0 Å². The van der Waals surface area contributed by atoms with Crippen LogP contribution in [0.1, 0.15) is 6.42 Å². The molecule has 14 heavy (non-hydrogen) atoms. The Morgan fingerprint density at radius 2 is 1.50 bits per heavy atom. The molecule has 0 amide bonds. The average Bonchev–Trinajstić information content (AvgIpc) is 1.92. The highest BCUT2D eigenvalue weighted by molar-refractivity contribution is 6.89. The molecule has 0 aromatic carbocycles. The SMILES string of the molecule is C[Si](C)(C)N(N=CCC=O)[Si](C)(C)C. The van der Waals surface area contributed by atoms with Crippen molar-refractivity contribution in [3.05, 3.63) is 0 Å². The summed E-state index contributed by atoms with van der Waals surface area (Å²) in [5.41, 5.74) is 0. The van der Waals surface area contributed by atoms with Crippen molar-refractivity contribution in [1.29, 1.82) is 0 Å². The Labute approximate surface area is 89.4 Å². The van der Waals surface area contributed by atoms with E-state index >= 15 is 0 Å². The molecule has 5 heteroatoms. The van der Waals surface area contributed by atoms with Gasteiger partial charge in [0.15, 0.2) is 16.5 Å². The topological polar surface area (TPSA) is 32.7 Å². The first kappa shape index (κ1) is 13.6. The van der Waals surface area contributed by atoms with Crippen molar-refractivity contribution in [2.24, 2.45) is 5.10 Å². The predicted octanol–water partition coefficient (Wildman–Crippen LogP) is 2.53. The zero-order valence-corrected chi connectivity index (χ0v) is 12.2. The van der Waals surface area contributed by atoms with Crippen LogP contribution in [0.2, 0.25) is 39.3 Å². The molecular weight excluding hydrogens is 208 g/mol. The number of hydrazone groups is 1. The van der Waals surface area contributed by atoms with Gasteiger partial charge in [-0.2, -0.15) is 0 Å². The van der Waals surface area contributed by atoms with E-state index in [1.54, 1.807) is 6.21 Å². The van der Waals surface area contributed by atoms with Gasteiger partial charge in [-0.15, -0.1) is 0 Å². The zero-order valence-electron chi connectivity index (χ0n) is 10.2. The number of hydrogen-bond donors (Lipinski definition) is 0. The maximum absolute atomic E-state index is 10.2. The minimum atomic E-state index is -1.39. The smallest absolute Gasteiger partial charge is 0.158 e. The molecule has 0 fully saturated rings. The van der Waals surface area contributed by atoms with Gasteiger partial charge in [-0.25, -0.2) is 5.10 Å². The molecule has 0 aliphatic heterocycles. The van der Waals surface area contributed by atoms with Crippen LogP contribution in [0.25, 0.3) is 0 Å². The molecule has 0 aromatic heterocycles. The summed E-state index contributed by atoms with van der Waals surface area (Å²) in [6, 6.07) is 0. The average molecular weight is 230 g/mol. The Kier molecular flexibility index (Phi) is 4.73. The predicted molar refractivity (Wildman–Crippen MR) is 67.7 cm³/mol. The molecule has 82 valence electrons. The van der Waals surface area contributed by atoms with Gasteiger partial charge in [0.25, 0.3) is 0 Å². The number of hydrogen-bond acceptors (Lipinski definition) is 3. The second-order valence-electron chi connectivity index (χ2n) is 5.35. The molecule has 3 nitrogen and oxygen atoms in total. The molecule has 0 saturated heterocycles. The van der Waals surface area contributed by atoms with E-state index in [2.05, 4.69) is 48.7 Å². The van der Waals surface area contributed by atoms with E-state index in [1.165, 1.54) is 0 Å². The first-order valence-electron chi connectivity index (χ1n) is 4.96. The normalized spacial score (nSPS) is 13.3. The third-order valence-electron chi connectivity index (χ3n) is 1.67. The summed E-state index contributed by atoms with van der Waals surface area (Å²) in [5.74, 6) is 0. The third kappa shape index (κ3) is 4.71. The van der Waals surface area contributed by atoms with Gasteiger partial charge >= 0.3 is 0 Å². The number of aldehydes is 1. The quantitative estimate of drug-likeness (QED) is 0.315. The molecule has 0 atom stereocenters. The zero-order chi connectivity index (χ0) is 11.4. The maximum Gasteiger partial charge on any atom is 0.158 e. The van der Waals surface area contributed by atoms with Crippen LogP contribution in [0, 0.1) is 0 Å². The Morgan fingerprint density at radius 1 is 1.07 bits per heavy atom. The van der Waals surface area contributed by atoms with Crippen molar-refractivity contribution in [3.63, 3.8) is 0 Å². The Bertz CT molecular complexity index is 202. The summed E-state index contributed by atoms with van der Waals surface area (Å²) in [4.78, 5) is 10.2. The summed E-state index contributed by atoms with van der Waals surface area (Å²) in [5, 5.41) is 4.46. The van der Waals surface area contributed by atoms with E-state index in [9.17, 15) is 4.79 Å². The first-order chi connectivity index (χ1) is 6.19. The van der Waals surface area contributed by atoms with Crippen LogP contribution in [0.3, 0.4) is 0 Å². The van der Waals surface area contributed by atoms with E-state index in [4.69, 9.17) is 0 Å². The van der Waals surface area contributed by atoms with E-state index in [1.807, 2.05) is 0 Å².